The van der Waals surface area contributed by atoms with Gasteiger partial charge in [-0.2, -0.15) is 0 Å². The highest BCUT2D eigenvalue weighted by atomic mass is 16.6. The van der Waals surface area contributed by atoms with Crippen LogP contribution < -0.4 is 4.90 Å². The van der Waals surface area contributed by atoms with E-state index in [1.807, 2.05) is 31.2 Å². The largest absolute Gasteiger partial charge is 0.465 e. The smallest absolute Gasteiger partial charge is 0.340 e. The van der Waals surface area contributed by atoms with Crippen molar-refractivity contribution in [3.63, 3.8) is 0 Å². The van der Waals surface area contributed by atoms with Crippen molar-refractivity contribution in [2.24, 2.45) is 0 Å². The fourth-order valence-electron chi connectivity index (χ4n) is 3.27. The minimum atomic E-state index is -0.639. The molecule has 148 valence electrons. The van der Waals surface area contributed by atoms with Gasteiger partial charge in [-0.05, 0) is 42.7 Å². The van der Waals surface area contributed by atoms with Crippen LogP contribution in [0.1, 0.15) is 25.0 Å². The molecule has 29 heavy (non-hydrogen) atoms. The van der Waals surface area contributed by atoms with Gasteiger partial charge in [0.15, 0.2) is 0 Å². The number of benzene rings is 2. The summed E-state index contributed by atoms with van der Waals surface area (Å²) in [4.78, 5) is 37.6. The maximum absolute atomic E-state index is 13.2. The molecular formula is C22H20N2O5. The van der Waals surface area contributed by atoms with Crippen LogP contribution in [0.5, 0.6) is 0 Å². The predicted octanol–water partition coefficient (Wildman–Crippen LogP) is 4.03. The van der Waals surface area contributed by atoms with E-state index in [0.29, 0.717) is 16.9 Å². The number of hydrogen-bond donors (Lipinski definition) is 0. The summed E-state index contributed by atoms with van der Waals surface area (Å²) in [7, 11) is 1.25. The summed E-state index contributed by atoms with van der Waals surface area (Å²) in [5, 5.41) is 11.0. The summed E-state index contributed by atoms with van der Waals surface area (Å²) < 4.78 is 4.88. The van der Waals surface area contributed by atoms with Crippen LogP contribution in [0.2, 0.25) is 0 Å². The van der Waals surface area contributed by atoms with Crippen molar-refractivity contribution in [2.45, 2.75) is 20.3 Å². The molecule has 0 saturated heterocycles. The Kier molecular flexibility index (Phi) is 5.59. The van der Waals surface area contributed by atoms with Crippen molar-refractivity contribution in [3.8, 4) is 0 Å². The first-order valence-electron chi connectivity index (χ1n) is 9.06. The van der Waals surface area contributed by atoms with Gasteiger partial charge in [0.05, 0.1) is 23.2 Å². The third-order valence-corrected chi connectivity index (χ3v) is 4.78. The van der Waals surface area contributed by atoms with Crippen molar-refractivity contribution in [1.29, 1.82) is 0 Å². The molecule has 3 rings (SSSR count). The molecule has 1 aliphatic heterocycles. The predicted molar refractivity (Wildman–Crippen MR) is 109 cm³/mol. The number of aryl methyl sites for hydroxylation is 1. The van der Waals surface area contributed by atoms with E-state index in [-0.39, 0.29) is 16.8 Å². The van der Waals surface area contributed by atoms with E-state index in [2.05, 4.69) is 0 Å². The van der Waals surface area contributed by atoms with E-state index in [0.717, 1.165) is 12.0 Å². The first kappa shape index (κ1) is 20.0. The molecule has 7 nitrogen and oxygen atoms in total. The van der Waals surface area contributed by atoms with E-state index in [1.165, 1.54) is 36.3 Å². The maximum Gasteiger partial charge on any atom is 0.340 e. The molecule has 0 unspecified atom stereocenters. The Morgan fingerprint density at radius 1 is 1.21 bits per heavy atom. The number of amides is 1. The van der Waals surface area contributed by atoms with Gasteiger partial charge in [-0.1, -0.05) is 31.2 Å². The highest BCUT2D eigenvalue weighted by Crippen LogP contribution is 2.35. The number of allylic oxidation sites excluding steroid dienone is 1. The van der Waals surface area contributed by atoms with Crippen LogP contribution >= 0.6 is 0 Å². The number of carbonyl (C=O) groups is 2. The van der Waals surface area contributed by atoms with Gasteiger partial charge in [0, 0.05) is 23.5 Å². The lowest BCUT2D eigenvalue weighted by molar-refractivity contribution is -0.384. The van der Waals surface area contributed by atoms with Crippen LogP contribution in [0.4, 0.5) is 11.4 Å². The van der Waals surface area contributed by atoms with Gasteiger partial charge in [-0.3, -0.25) is 19.8 Å². The number of nitro benzene ring substituents is 1. The molecule has 1 aliphatic rings. The number of rotatable bonds is 5. The SMILES string of the molecule is CCc1ccc(N2C(=O)/C(=C\c3cccc([N+](=O)[O-])c3)C(C(=O)OC)=C2C)cc1. The number of hydrogen-bond acceptors (Lipinski definition) is 5. The molecule has 0 aliphatic carbocycles. The Morgan fingerprint density at radius 3 is 2.48 bits per heavy atom. The fraction of sp³-hybridized carbons (Fsp3) is 0.182. The summed E-state index contributed by atoms with van der Waals surface area (Å²) in [5.41, 5.74) is 2.83. The lowest BCUT2D eigenvalue weighted by Gasteiger charge is -2.18. The molecule has 2 aromatic carbocycles. The molecule has 1 amide bonds. The zero-order chi connectivity index (χ0) is 21.1. The monoisotopic (exact) mass is 392 g/mol. The van der Waals surface area contributed by atoms with Crippen molar-refractivity contribution < 1.29 is 19.2 Å². The number of anilines is 1. The number of non-ortho nitro benzene ring substituents is 1. The zero-order valence-electron chi connectivity index (χ0n) is 16.3. The van der Waals surface area contributed by atoms with Crippen molar-refractivity contribution in [2.75, 3.05) is 12.0 Å². The van der Waals surface area contributed by atoms with Gasteiger partial charge >= 0.3 is 5.97 Å². The Bertz CT molecular complexity index is 1050. The summed E-state index contributed by atoms with van der Waals surface area (Å²) in [6, 6.07) is 13.4. The van der Waals surface area contributed by atoms with Crippen molar-refractivity contribution >= 4 is 29.3 Å². The molecule has 0 spiro atoms. The van der Waals surface area contributed by atoms with Crippen molar-refractivity contribution in [3.05, 3.63) is 86.6 Å². The second kappa shape index (κ2) is 8.10. The quantitative estimate of drug-likeness (QED) is 0.332. The lowest BCUT2D eigenvalue weighted by Crippen LogP contribution is -2.24. The minimum Gasteiger partial charge on any atom is -0.465 e. The number of ether oxygens (including phenoxy) is 1. The van der Waals surface area contributed by atoms with Gasteiger partial charge in [0.25, 0.3) is 11.6 Å². The number of carbonyl (C=O) groups excluding carboxylic acids is 2. The van der Waals surface area contributed by atoms with Gasteiger partial charge in [-0.25, -0.2) is 4.79 Å². The standard InChI is InChI=1S/C22H20N2O5/c1-4-15-8-10-17(11-9-15)23-14(2)20(22(26)29-3)19(21(23)25)13-16-6-5-7-18(12-16)24(27)28/h5-13H,4H2,1-3H3/b19-13-. The topological polar surface area (TPSA) is 89.8 Å². The number of nitrogens with zero attached hydrogens (tertiary/aromatic N) is 2. The first-order valence-corrected chi connectivity index (χ1v) is 9.06. The average Bonchev–Trinajstić information content (AvgIpc) is 2.97. The van der Waals surface area contributed by atoms with Gasteiger partial charge in [-0.15, -0.1) is 0 Å². The van der Waals surface area contributed by atoms with E-state index < -0.39 is 16.8 Å². The summed E-state index contributed by atoms with van der Waals surface area (Å²) in [6.07, 6.45) is 2.35. The molecule has 0 radical (unpaired) electrons. The van der Waals surface area contributed by atoms with E-state index >= 15 is 0 Å². The molecule has 0 aromatic heterocycles. The van der Waals surface area contributed by atoms with Crippen LogP contribution in [-0.2, 0) is 20.7 Å². The second-order valence-corrected chi connectivity index (χ2v) is 6.52. The fourth-order valence-corrected chi connectivity index (χ4v) is 3.27. The molecule has 0 fully saturated rings. The summed E-state index contributed by atoms with van der Waals surface area (Å²) in [6.45, 7) is 3.71. The normalized spacial score (nSPS) is 15.2. The highest BCUT2D eigenvalue weighted by Gasteiger charge is 2.37. The molecular weight excluding hydrogens is 372 g/mol. The maximum atomic E-state index is 13.2. The molecule has 1 heterocycles. The van der Waals surface area contributed by atoms with Gasteiger partial charge in [0.1, 0.15) is 0 Å². The van der Waals surface area contributed by atoms with Gasteiger partial charge in [0.2, 0.25) is 0 Å². The van der Waals surface area contributed by atoms with Crippen LogP contribution in [-0.4, -0.2) is 23.9 Å². The molecule has 2 aromatic rings. The Morgan fingerprint density at radius 2 is 1.90 bits per heavy atom. The van der Waals surface area contributed by atoms with Gasteiger partial charge < -0.3 is 4.74 Å². The molecule has 0 atom stereocenters. The van der Waals surface area contributed by atoms with E-state index in [9.17, 15) is 19.7 Å². The summed E-state index contributed by atoms with van der Waals surface area (Å²) >= 11 is 0. The summed E-state index contributed by atoms with van der Waals surface area (Å²) in [5.74, 6) is -1.03. The first-order chi connectivity index (χ1) is 13.9. The second-order valence-electron chi connectivity index (χ2n) is 6.52. The Labute approximate surface area is 168 Å². The van der Waals surface area contributed by atoms with Crippen LogP contribution in [0, 0.1) is 10.1 Å². The Balaban J connectivity index is 2.11. The number of esters is 1. The third-order valence-electron chi connectivity index (χ3n) is 4.78. The van der Waals surface area contributed by atoms with Crippen LogP contribution in [0.3, 0.4) is 0 Å². The van der Waals surface area contributed by atoms with Crippen molar-refractivity contribution in [1.82, 2.24) is 0 Å². The molecule has 7 heteroatoms. The molecule has 0 N–H and O–H groups in total. The highest BCUT2D eigenvalue weighted by molar-refractivity contribution is 6.23. The third kappa shape index (κ3) is 3.80. The number of nitro groups is 1. The molecule has 0 bridgehead atoms. The Hall–Kier alpha value is -3.74. The molecule has 0 saturated carbocycles. The van der Waals surface area contributed by atoms with Crippen LogP contribution in [0.15, 0.2) is 65.4 Å². The lowest BCUT2D eigenvalue weighted by atomic mass is 10.0. The average molecular weight is 392 g/mol. The number of methoxy groups -OCH3 is 1. The van der Waals surface area contributed by atoms with Crippen LogP contribution in [0.25, 0.3) is 6.08 Å². The van der Waals surface area contributed by atoms with E-state index in [1.54, 1.807) is 13.0 Å². The zero-order valence-corrected chi connectivity index (χ0v) is 16.3. The minimum absolute atomic E-state index is 0.0999. The van der Waals surface area contributed by atoms with E-state index in [4.69, 9.17) is 4.74 Å².